The summed E-state index contributed by atoms with van der Waals surface area (Å²) in [6, 6.07) is 15.6. The van der Waals surface area contributed by atoms with Gasteiger partial charge < -0.3 is 20.0 Å². The van der Waals surface area contributed by atoms with Crippen LogP contribution in [0.3, 0.4) is 0 Å². The molecule has 0 saturated heterocycles. The van der Waals surface area contributed by atoms with Crippen molar-refractivity contribution in [3.63, 3.8) is 0 Å². The van der Waals surface area contributed by atoms with Crippen molar-refractivity contribution >= 4 is 56.6 Å². The highest BCUT2D eigenvalue weighted by Gasteiger charge is 2.70. The summed E-state index contributed by atoms with van der Waals surface area (Å²) in [5, 5.41) is 4.19. The standard InChI is InChI=1S/C33H22F3N5O5/c1-46-31(45)22-24-25(41-29(22)33(34,35)36)27(43)23(28-32(24)11-17(32)13-38-28)26(42)21-10-15-9-18(6-7-20(15)40-21)39-30(44)16-8-14-4-2-3-5-19(14)37-12-16/h2-10,12,17,23,40-41H,11,13H2,1H3,(H,39,44). The number of esters is 1. The lowest BCUT2D eigenvalue weighted by atomic mass is 9.71. The molecule has 8 rings (SSSR count). The van der Waals surface area contributed by atoms with Crippen LogP contribution < -0.4 is 5.32 Å². The Hall–Kier alpha value is -5.59. The number of H-pyrrole nitrogens is 2. The predicted octanol–water partition coefficient (Wildman–Crippen LogP) is 5.51. The van der Waals surface area contributed by atoms with Gasteiger partial charge >= 0.3 is 12.1 Å². The third-order valence-electron chi connectivity index (χ3n) is 9.20. The lowest BCUT2D eigenvalue weighted by Gasteiger charge is -2.29. The molecule has 3 N–H and O–H groups in total. The van der Waals surface area contributed by atoms with Gasteiger partial charge in [-0.05, 0) is 48.7 Å². The quantitative estimate of drug-likeness (QED) is 0.133. The molecule has 46 heavy (non-hydrogen) atoms. The van der Waals surface area contributed by atoms with Crippen LogP contribution in [0.1, 0.15) is 59.4 Å². The van der Waals surface area contributed by atoms with Gasteiger partial charge in [-0.25, -0.2) is 4.79 Å². The maximum Gasteiger partial charge on any atom is 0.432 e. The minimum Gasteiger partial charge on any atom is -0.465 e. The van der Waals surface area contributed by atoms with Crippen LogP contribution in [0.25, 0.3) is 21.8 Å². The molecule has 1 spiro atoms. The monoisotopic (exact) mass is 625 g/mol. The van der Waals surface area contributed by atoms with Crippen molar-refractivity contribution in [3.05, 3.63) is 94.6 Å². The number of carbonyl (C=O) groups excluding carboxylic acids is 4. The molecule has 3 unspecified atom stereocenters. The second kappa shape index (κ2) is 9.46. The lowest BCUT2D eigenvalue weighted by molar-refractivity contribution is -0.141. The molecule has 230 valence electrons. The number of para-hydroxylation sites is 1. The fourth-order valence-corrected chi connectivity index (χ4v) is 7.06. The maximum absolute atomic E-state index is 14.1. The molecule has 0 bridgehead atoms. The van der Waals surface area contributed by atoms with Gasteiger partial charge in [-0.2, -0.15) is 13.2 Å². The third-order valence-corrected chi connectivity index (χ3v) is 9.20. The number of carbonyl (C=O) groups is 4. The number of Topliss-reactive ketones (excluding diaryl/α,β-unsaturated/α-hetero) is 2. The molecule has 3 atom stereocenters. The summed E-state index contributed by atoms with van der Waals surface area (Å²) < 4.78 is 46.9. The van der Waals surface area contributed by atoms with Crippen molar-refractivity contribution in [1.29, 1.82) is 0 Å². The molecule has 2 aliphatic carbocycles. The van der Waals surface area contributed by atoms with Crippen LogP contribution in [0.15, 0.2) is 65.8 Å². The zero-order valence-corrected chi connectivity index (χ0v) is 23.9. The topological polar surface area (TPSA) is 146 Å². The molecular weight excluding hydrogens is 603 g/mol. The molecule has 0 radical (unpaired) electrons. The molecule has 3 aliphatic rings. The van der Waals surface area contributed by atoms with Crippen LogP contribution in [-0.4, -0.2) is 57.8 Å². The fourth-order valence-electron chi connectivity index (χ4n) is 7.06. The van der Waals surface area contributed by atoms with Gasteiger partial charge in [0.25, 0.3) is 5.91 Å². The number of fused-ring (bicyclic) bond motifs is 3. The number of pyridine rings is 1. The SMILES string of the molecule is COC(=O)c1c(C(F)(F)F)[nH]c2c1C13CC1CN=C3C(C(=O)c1cc3cc(NC(=O)c4cnc5ccccc5c4)ccc3[nH]1)C2=O. The fraction of sp³-hybridized carbons (Fsp3) is 0.212. The van der Waals surface area contributed by atoms with Gasteiger partial charge in [-0.15, -0.1) is 0 Å². The Morgan fingerprint density at radius 3 is 2.61 bits per heavy atom. The summed E-state index contributed by atoms with van der Waals surface area (Å²) in [4.78, 5) is 67.4. The Balaban J connectivity index is 1.13. The maximum atomic E-state index is 14.1. The number of alkyl halides is 3. The number of methoxy groups -OCH3 is 1. The molecule has 1 aliphatic heterocycles. The lowest BCUT2D eigenvalue weighted by Crippen LogP contribution is -2.44. The average molecular weight is 626 g/mol. The molecule has 2 aromatic carbocycles. The van der Waals surface area contributed by atoms with Crippen LogP contribution in [-0.2, 0) is 16.3 Å². The smallest absolute Gasteiger partial charge is 0.432 e. The van der Waals surface area contributed by atoms with Gasteiger partial charge in [0.1, 0.15) is 11.6 Å². The number of nitrogens with zero attached hydrogens (tertiary/aromatic N) is 2. The van der Waals surface area contributed by atoms with Gasteiger partial charge in [0.15, 0.2) is 11.6 Å². The first-order valence-corrected chi connectivity index (χ1v) is 14.4. The summed E-state index contributed by atoms with van der Waals surface area (Å²) in [6.45, 7) is 0.224. The normalized spacial score (nSPS) is 21.4. The van der Waals surface area contributed by atoms with Crippen molar-refractivity contribution in [2.45, 2.75) is 18.0 Å². The number of rotatable bonds is 5. The summed E-state index contributed by atoms with van der Waals surface area (Å²) >= 11 is 0. The number of halogens is 3. The van der Waals surface area contributed by atoms with Gasteiger partial charge in [-0.3, -0.25) is 24.4 Å². The summed E-state index contributed by atoms with van der Waals surface area (Å²) in [7, 11) is 0.970. The Bertz CT molecular complexity index is 2230. The zero-order chi connectivity index (χ0) is 32.1. The number of amides is 1. The highest BCUT2D eigenvalue weighted by atomic mass is 19.4. The van der Waals surface area contributed by atoms with E-state index < -0.39 is 52.0 Å². The molecule has 1 fully saturated rings. The van der Waals surface area contributed by atoms with Gasteiger partial charge in [0, 0.05) is 51.4 Å². The number of anilines is 1. The second-order valence-electron chi connectivity index (χ2n) is 11.7. The van der Waals surface area contributed by atoms with E-state index in [0.717, 1.165) is 18.0 Å². The van der Waals surface area contributed by atoms with E-state index in [1.165, 1.54) is 12.3 Å². The van der Waals surface area contributed by atoms with Crippen molar-refractivity contribution in [3.8, 4) is 0 Å². The first kappa shape index (κ1) is 27.9. The third kappa shape index (κ3) is 3.90. The zero-order valence-electron chi connectivity index (χ0n) is 23.9. The molecule has 5 aromatic rings. The molecule has 4 heterocycles. The number of hydrogen-bond donors (Lipinski definition) is 3. The second-order valence-corrected chi connectivity index (χ2v) is 11.7. The highest BCUT2D eigenvalue weighted by Crippen LogP contribution is 2.64. The highest BCUT2D eigenvalue weighted by molar-refractivity contribution is 6.35. The van der Waals surface area contributed by atoms with E-state index in [4.69, 9.17) is 0 Å². The number of ketones is 2. The predicted molar refractivity (Wildman–Crippen MR) is 159 cm³/mol. The first-order valence-electron chi connectivity index (χ1n) is 14.4. The summed E-state index contributed by atoms with van der Waals surface area (Å²) in [6.07, 6.45) is -3.14. The van der Waals surface area contributed by atoms with Crippen molar-refractivity contribution in [2.24, 2.45) is 16.8 Å². The van der Waals surface area contributed by atoms with Crippen LogP contribution in [0.4, 0.5) is 18.9 Å². The molecule has 3 aromatic heterocycles. The van der Waals surface area contributed by atoms with Gasteiger partial charge in [0.2, 0.25) is 0 Å². The van der Waals surface area contributed by atoms with Crippen molar-refractivity contribution < 1.29 is 37.1 Å². The summed E-state index contributed by atoms with van der Waals surface area (Å²) in [5.74, 6) is -4.87. The Morgan fingerprint density at radius 1 is 1.04 bits per heavy atom. The van der Waals surface area contributed by atoms with E-state index in [-0.39, 0.29) is 35.3 Å². The minimum absolute atomic E-state index is 0.0525. The van der Waals surface area contributed by atoms with Gasteiger partial charge in [-0.1, -0.05) is 18.2 Å². The number of aromatic nitrogens is 3. The molecule has 1 saturated carbocycles. The largest absolute Gasteiger partial charge is 0.465 e. The number of aromatic amines is 2. The Morgan fingerprint density at radius 2 is 1.85 bits per heavy atom. The number of hydrogen-bond acceptors (Lipinski definition) is 7. The minimum atomic E-state index is -4.98. The van der Waals surface area contributed by atoms with E-state index in [0.29, 0.717) is 28.6 Å². The van der Waals surface area contributed by atoms with E-state index in [1.807, 2.05) is 24.3 Å². The number of ether oxygens (including phenoxy) is 1. The Labute approximate surface area is 257 Å². The number of aliphatic imine (C=N–C) groups is 1. The number of nitrogens with one attached hydrogen (secondary N) is 3. The van der Waals surface area contributed by atoms with Crippen molar-refractivity contribution in [1.82, 2.24) is 15.0 Å². The summed E-state index contributed by atoms with van der Waals surface area (Å²) in [5.41, 5.74) is -1.42. The van der Waals surface area contributed by atoms with Crippen LogP contribution in [0.2, 0.25) is 0 Å². The van der Waals surface area contributed by atoms with Crippen LogP contribution in [0, 0.1) is 11.8 Å². The van der Waals surface area contributed by atoms with E-state index in [9.17, 15) is 32.3 Å². The molecular formula is C33H22F3N5O5. The molecule has 10 nitrogen and oxygen atoms in total. The Kier molecular flexibility index (Phi) is 5.74. The number of benzene rings is 2. The van der Waals surface area contributed by atoms with E-state index in [1.54, 1.807) is 24.3 Å². The van der Waals surface area contributed by atoms with E-state index in [2.05, 4.69) is 30.0 Å². The molecule has 1 amide bonds. The van der Waals surface area contributed by atoms with Gasteiger partial charge in [0.05, 0.1) is 35.1 Å². The van der Waals surface area contributed by atoms with Crippen molar-refractivity contribution in [2.75, 3.05) is 19.0 Å². The first-order chi connectivity index (χ1) is 22.0. The average Bonchev–Trinajstić information content (AvgIpc) is 3.34. The van der Waals surface area contributed by atoms with Crippen LogP contribution in [0.5, 0.6) is 0 Å². The van der Waals surface area contributed by atoms with E-state index >= 15 is 0 Å². The molecule has 13 heteroatoms. The van der Waals surface area contributed by atoms with Crippen LogP contribution >= 0.6 is 0 Å².